The van der Waals surface area contributed by atoms with Crippen molar-refractivity contribution in [2.24, 2.45) is 0 Å². The van der Waals surface area contributed by atoms with E-state index in [2.05, 4.69) is 0 Å². The minimum absolute atomic E-state index is 0.218. The molecule has 1 aliphatic heterocycles. The lowest BCUT2D eigenvalue weighted by atomic mass is 10.2. The number of carbonyl (C=O) groups excluding carboxylic acids is 1. The van der Waals surface area contributed by atoms with Gasteiger partial charge in [-0.3, -0.25) is 9.69 Å². The van der Waals surface area contributed by atoms with Gasteiger partial charge in [0.2, 0.25) is 0 Å². The Morgan fingerprint density at radius 3 is 2.90 bits per heavy atom. The summed E-state index contributed by atoms with van der Waals surface area (Å²) in [6.45, 7) is 2.00. The average molecular weight is 293 g/mol. The Balaban J connectivity index is 1.71. The lowest BCUT2D eigenvalue weighted by Crippen LogP contribution is -2.42. The molecule has 2 unspecified atom stereocenters. The van der Waals surface area contributed by atoms with Gasteiger partial charge in [0.15, 0.2) is 0 Å². The predicted octanol–water partition coefficient (Wildman–Crippen LogP) is 1.20. The zero-order chi connectivity index (χ0) is 15.1. The number of hydrogen-bond acceptors (Lipinski definition) is 5. The topological polar surface area (TPSA) is 59.0 Å². The summed E-state index contributed by atoms with van der Waals surface area (Å²) < 4.78 is 10.3. The van der Waals surface area contributed by atoms with Crippen LogP contribution in [0.3, 0.4) is 0 Å². The van der Waals surface area contributed by atoms with E-state index in [1.165, 1.54) is 7.11 Å². The Morgan fingerprint density at radius 2 is 2.19 bits per heavy atom. The van der Waals surface area contributed by atoms with Crippen LogP contribution in [0.5, 0.6) is 0 Å². The number of carbonyl (C=O) groups is 1. The first-order valence-corrected chi connectivity index (χ1v) is 7.32. The van der Waals surface area contributed by atoms with Crippen LogP contribution in [0, 0.1) is 0 Å². The van der Waals surface area contributed by atoms with Crippen LogP contribution in [0.2, 0.25) is 0 Å². The van der Waals surface area contributed by atoms with Gasteiger partial charge in [0.05, 0.1) is 26.4 Å². The van der Waals surface area contributed by atoms with Crippen molar-refractivity contribution in [1.29, 1.82) is 0 Å². The first-order chi connectivity index (χ1) is 10.2. The van der Waals surface area contributed by atoms with E-state index in [1.807, 2.05) is 35.2 Å². The molecule has 0 saturated carbocycles. The van der Waals surface area contributed by atoms with E-state index in [9.17, 15) is 9.90 Å². The normalized spacial score (nSPS) is 20.4. The lowest BCUT2D eigenvalue weighted by molar-refractivity contribution is -0.146. The molecule has 1 aliphatic rings. The maximum absolute atomic E-state index is 11.6. The molecule has 2 atom stereocenters. The molecule has 0 amide bonds. The van der Waals surface area contributed by atoms with Gasteiger partial charge in [0.25, 0.3) is 0 Å². The summed E-state index contributed by atoms with van der Waals surface area (Å²) in [6.07, 6.45) is 1.15. The van der Waals surface area contributed by atoms with Crippen molar-refractivity contribution in [3.05, 3.63) is 35.9 Å². The molecule has 21 heavy (non-hydrogen) atoms. The summed E-state index contributed by atoms with van der Waals surface area (Å²) in [4.78, 5) is 13.6. The second-order valence-electron chi connectivity index (χ2n) is 5.33. The number of benzene rings is 1. The van der Waals surface area contributed by atoms with Crippen LogP contribution in [0.4, 0.5) is 0 Å². The van der Waals surface area contributed by atoms with Crippen molar-refractivity contribution in [1.82, 2.24) is 4.90 Å². The Morgan fingerprint density at radius 1 is 1.43 bits per heavy atom. The molecule has 0 aromatic heterocycles. The second kappa shape index (κ2) is 8.12. The number of aliphatic hydroxyl groups is 1. The predicted molar refractivity (Wildman–Crippen MR) is 78.7 cm³/mol. The number of hydrogen-bond donors (Lipinski definition) is 1. The first-order valence-electron chi connectivity index (χ1n) is 7.32. The highest BCUT2D eigenvalue weighted by Crippen LogP contribution is 2.18. The Kier molecular flexibility index (Phi) is 6.17. The molecule has 1 N–H and O–H groups in total. The van der Waals surface area contributed by atoms with E-state index < -0.39 is 6.10 Å². The van der Waals surface area contributed by atoms with Crippen LogP contribution in [0.15, 0.2) is 30.3 Å². The van der Waals surface area contributed by atoms with Gasteiger partial charge in [-0.15, -0.1) is 0 Å². The summed E-state index contributed by atoms with van der Waals surface area (Å²) in [5, 5.41) is 10.0. The smallest absolute Gasteiger partial charge is 0.323 e. The van der Waals surface area contributed by atoms with Gasteiger partial charge in [0, 0.05) is 6.54 Å². The van der Waals surface area contributed by atoms with Crippen molar-refractivity contribution >= 4 is 5.97 Å². The number of rotatable bonds is 7. The zero-order valence-corrected chi connectivity index (χ0v) is 12.4. The summed E-state index contributed by atoms with van der Waals surface area (Å²) in [5.74, 6) is -0.218. The number of aliphatic hydroxyl groups excluding tert-OH is 1. The van der Waals surface area contributed by atoms with Crippen molar-refractivity contribution in [2.45, 2.75) is 31.6 Å². The van der Waals surface area contributed by atoms with E-state index in [4.69, 9.17) is 9.47 Å². The molecule has 2 rings (SSSR count). The molecule has 0 spiro atoms. The van der Waals surface area contributed by atoms with Gasteiger partial charge in [-0.1, -0.05) is 30.3 Å². The first kappa shape index (κ1) is 15.9. The molecule has 0 aliphatic carbocycles. The van der Waals surface area contributed by atoms with Gasteiger partial charge >= 0.3 is 5.97 Å². The fourth-order valence-corrected chi connectivity index (χ4v) is 2.66. The Bertz CT molecular complexity index is 437. The van der Waals surface area contributed by atoms with Gasteiger partial charge in [-0.2, -0.15) is 0 Å². The van der Waals surface area contributed by atoms with E-state index in [0.717, 1.165) is 24.9 Å². The summed E-state index contributed by atoms with van der Waals surface area (Å²) in [5.41, 5.74) is 1.08. The molecule has 116 valence electrons. The molecular formula is C16H23NO4. The van der Waals surface area contributed by atoms with Crippen molar-refractivity contribution in [3.8, 4) is 0 Å². The number of esters is 1. The van der Waals surface area contributed by atoms with Gasteiger partial charge in [-0.25, -0.2) is 0 Å². The maximum Gasteiger partial charge on any atom is 0.323 e. The SMILES string of the molecule is COC(=O)C1CCCN1CC(O)COCc1ccccc1. The molecular weight excluding hydrogens is 270 g/mol. The molecule has 1 saturated heterocycles. The largest absolute Gasteiger partial charge is 0.468 e. The van der Waals surface area contributed by atoms with E-state index >= 15 is 0 Å². The van der Waals surface area contributed by atoms with Gasteiger partial charge in [0.1, 0.15) is 6.04 Å². The van der Waals surface area contributed by atoms with Crippen molar-refractivity contribution in [2.75, 3.05) is 26.8 Å². The Hall–Kier alpha value is -1.43. The fraction of sp³-hybridized carbons (Fsp3) is 0.562. The number of likely N-dealkylation sites (tertiary alicyclic amines) is 1. The monoisotopic (exact) mass is 293 g/mol. The number of nitrogens with zero attached hydrogens (tertiary/aromatic N) is 1. The van der Waals surface area contributed by atoms with E-state index in [0.29, 0.717) is 13.2 Å². The molecule has 1 aromatic carbocycles. The Labute approximate surface area is 125 Å². The number of methoxy groups -OCH3 is 1. The maximum atomic E-state index is 11.6. The fourth-order valence-electron chi connectivity index (χ4n) is 2.66. The zero-order valence-electron chi connectivity index (χ0n) is 12.4. The molecule has 5 nitrogen and oxygen atoms in total. The highest BCUT2D eigenvalue weighted by atomic mass is 16.5. The highest BCUT2D eigenvalue weighted by molar-refractivity contribution is 5.75. The third-order valence-corrected chi connectivity index (χ3v) is 3.70. The molecule has 5 heteroatoms. The molecule has 1 heterocycles. The molecule has 0 radical (unpaired) electrons. The number of ether oxygens (including phenoxy) is 2. The number of β-amino-alcohol motifs (C(OH)–C–C–N with tert-alkyl or cyclic N) is 1. The standard InChI is InChI=1S/C16H23NO4/c1-20-16(19)15-8-5-9-17(15)10-14(18)12-21-11-13-6-3-2-4-7-13/h2-4,6-7,14-15,18H,5,8-12H2,1H3. The second-order valence-corrected chi connectivity index (χ2v) is 5.33. The van der Waals surface area contributed by atoms with Crippen LogP contribution in [-0.2, 0) is 20.9 Å². The lowest BCUT2D eigenvalue weighted by Gasteiger charge is -2.24. The van der Waals surface area contributed by atoms with Crippen molar-refractivity contribution < 1.29 is 19.4 Å². The molecule has 1 fully saturated rings. The van der Waals surface area contributed by atoms with Crippen molar-refractivity contribution in [3.63, 3.8) is 0 Å². The third-order valence-electron chi connectivity index (χ3n) is 3.70. The van der Waals surface area contributed by atoms with Crippen LogP contribution in [0.1, 0.15) is 18.4 Å². The molecule has 0 bridgehead atoms. The van der Waals surface area contributed by atoms with Gasteiger partial charge < -0.3 is 14.6 Å². The van der Waals surface area contributed by atoms with E-state index in [1.54, 1.807) is 0 Å². The van der Waals surface area contributed by atoms with Crippen LogP contribution in [0.25, 0.3) is 0 Å². The molecule has 1 aromatic rings. The van der Waals surface area contributed by atoms with Crippen LogP contribution >= 0.6 is 0 Å². The minimum Gasteiger partial charge on any atom is -0.468 e. The quantitative estimate of drug-likeness (QED) is 0.766. The van der Waals surface area contributed by atoms with Crippen LogP contribution in [-0.4, -0.2) is 54.9 Å². The summed E-state index contributed by atoms with van der Waals surface area (Å²) in [6, 6.07) is 9.62. The minimum atomic E-state index is -0.598. The third kappa shape index (κ3) is 4.81. The highest BCUT2D eigenvalue weighted by Gasteiger charge is 2.32. The van der Waals surface area contributed by atoms with E-state index in [-0.39, 0.29) is 18.6 Å². The summed E-state index contributed by atoms with van der Waals surface area (Å²) in [7, 11) is 1.40. The summed E-state index contributed by atoms with van der Waals surface area (Å²) >= 11 is 0. The van der Waals surface area contributed by atoms with Crippen LogP contribution < -0.4 is 0 Å². The average Bonchev–Trinajstić information content (AvgIpc) is 2.95. The van der Waals surface area contributed by atoms with Gasteiger partial charge in [-0.05, 0) is 24.9 Å².